The minimum absolute atomic E-state index is 0.0608. The summed E-state index contributed by atoms with van der Waals surface area (Å²) in [7, 11) is 0. The van der Waals surface area contributed by atoms with E-state index in [0.717, 1.165) is 17.0 Å². The summed E-state index contributed by atoms with van der Waals surface area (Å²) >= 11 is 0. The molecule has 0 unspecified atom stereocenters. The maximum atomic E-state index is 12.9. The summed E-state index contributed by atoms with van der Waals surface area (Å²) in [5, 5.41) is 10.4. The third-order valence-electron chi connectivity index (χ3n) is 5.33. The molecule has 3 aromatic rings. The van der Waals surface area contributed by atoms with Gasteiger partial charge in [0, 0.05) is 23.0 Å². The summed E-state index contributed by atoms with van der Waals surface area (Å²) in [6, 6.07) is 16.0. The number of urea groups is 1. The average Bonchev–Trinajstić information content (AvgIpc) is 3.29. The number of nitrogens with zero attached hydrogens (tertiary/aromatic N) is 2. The second-order valence-electron chi connectivity index (χ2n) is 7.63. The summed E-state index contributed by atoms with van der Waals surface area (Å²) < 4.78 is 12.6. The lowest BCUT2D eigenvalue weighted by molar-refractivity contribution is -0.138. The molecule has 2 aromatic carbocycles. The third kappa shape index (κ3) is 4.71. The fraction of sp³-hybridized carbons (Fsp3) is 0.192. The second-order valence-corrected chi connectivity index (χ2v) is 7.63. The van der Waals surface area contributed by atoms with Gasteiger partial charge >= 0.3 is 12.0 Å². The predicted octanol–water partition coefficient (Wildman–Crippen LogP) is 4.30. The van der Waals surface area contributed by atoms with Gasteiger partial charge in [0.1, 0.15) is 12.4 Å². The lowest BCUT2D eigenvalue weighted by Crippen LogP contribution is -2.45. The highest BCUT2D eigenvalue weighted by atomic mass is 16.5. The Labute approximate surface area is 197 Å². The number of esters is 1. The van der Waals surface area contributed by atoms with Crippen LogP contribution in [0.1, 0.15) is 25.5 Å². The SMILES string of the molecule is C=CCOC(=O)C1=C(C)NC(=O)N[C@H]1c1cn(-c2ccccc2)nc1-c1ccc(OCC)cc1. The molecule has 34 heavy (non-hydrogen) atoms. The van der Waals surface area contributed by atoms with Gasteiger partial charge < -0.3 is 20.1 Å². The van der Waals surface area contributed by atoms with Gasteiger partial charge in [0.15, 0.2) is 0 Å². The van der Waals surface area contributed by atoms with Crippen molar-refractivity contribution in [3.05, 3.63) is 90.3 Å². The van der Waals surface area contributed by atoms with Crippen LogP contribution in [0.2, 0.25) is 0 Å². The summed E-state index contributed by atoms with van der Waals surface area (Å²) in [6.07, 6.45) is 3.32. The molecular weight excluding hydrogens is 432 g/mol. The number of nitrogens with one attached hydrogen (secondary N) is 2. The highest BCUT2D eigenvalue weighted by molar-refractivity contribution is 5.95. The average molecular weight is 459 g/mol. The number of allylic oxidation sites excluding steroid dienone is 1. The Bertz CT molecular complexity index is 1230. The van der Waals surface area contributed by atoms with Crippen LogP contribution in [0.3, 0.4) is 0 Å². The zero-order chi connectivity index (χ0) is 24.1. The molecule has 1 aromatic heterocycles. The number of hydrogen-bond acceptors (Lipinski definition) is 5. The Hall–Kier alpha value is -4.33. The van der Waals surface area contributed by atoms with Crippen LogP contribution < -0.4 is 15.4 Å². The normalized spacial score (nSPS) is 15.4. The number of rotatable bonds is 8. The molecule has 174 valence electrons. The third-order valence-corrected chi connectivity index (χ3v) is 5.33. The molecule has 0 saturated heterocycles. The molecule has 0 bridgehead atoms. The Morgan fingerprint density at radius 3 is 2.59 bits per heavy atom. The first-order valence-corrected chi connectivity index (χ1v) is 11.0. The Balaban J connectivity index is 1.85. The first-order chi connectivity index (χ1) is 16.5. The molecule has 8 nitrogen and oxygen atoms in total. The number of amides is 2. The number of benzene rings is 2. The largest absolute Gasteiger partial charge is 0.494 e. The highest BCUT2D eigenvalue weighted by Crippen LogP contribution is 2.35. The van der Waals surface area contributed by atoms with Crippen molar-refractivity contribution in [3.8, 4) is 22.7 Å². The summed E-state index contributed by atoms with van der Waals surface area (Å²) in [6.45, 7) is 7.82. The summed E-state index contributed by atoms with van der Waals surface area (Å²) in [4.78, 5) is 25.3. The van der Waals surface area contributed by atoms with Crippen molar-refractivity contribution in [2.75, 3.05) is 13.2 Å². The molecular formula is C26H26N4O4. The number of carbonyl (C=O) groups excluding carboxylic acids is 2. The van der Waals surface area contributed by atoms with Crippen LogP contribution in [0.5, 0.6) is 5.75 Å². The van der Waals surface area contributed by atoms with E-state index in [1.165, 1.54) is 6.08 Å². The van der Waals surface area contributed by atoms with E-state index in [2.05, 4.69) is 17.2 Å². The fourth-order valence-corrected chi connectivity index (χ4v) is 3.82. The Morgan fingerprint density at radius 2 is 1.91 bits per heavy atom. The van der Waals surface area contributed by atoms with Gasteiger partial charge in [0.05, 0.1) is 29.6 Å². The fourth-order valence-electron chi connectivity index (χ4n) is 3.82. The van der Waals surface area contributed by atoms with E-state index in [0.29, 0.717) is 29.1 Å². The molecule has 1 atom stereocenters. The Morgan fingerprint density at radius 1 is 1.18 bits per heavy atom. The zero-order valence-corrected chi connectivity index (χ0v) is 19.1. The molecule has 0 saturated carbocycles. The summed E-state index contributed by atoms with van der Waals surface area (Å²) in [5.41, 5.74) is 3.68. The van der Waals surface area contributed by atoms with Gasteiger partial charge in [-0.1, -0.05) is 30.9 Å². The lowest BCUT2D eigenvalue weighted by atomic mass is 9.94. The second kappa shape index (κ2) is 10.1. The van der Waals surface area contributed by atoms with Gasteiger partial charge in [-0.05, 0) is 50.2 Å². The van der Waals surface area contributed by atoms with E-state index in [9.17, 15) is 9.59 Å². The summed E-state index contributed by atoms with van der Waals surface area (Å²) in [5.74, 6) is 0.204. The molecule has 2 N–H and O–H groups in total. The number of aromatic nitrogens is 2. The van der Waals surface area contributed by atoms with Gasteiger partial charge in [-0.15, -0.1) is 0 Å². The first-order valence-electron chi connectivity index (χ1n) is 11.0. The van der Waals surface area contributed by atoms with E-state index in [4.69, 9.17) is 14.6 Å². The van der Waals surface area contributed by atoms with Crippen molar-refractivity contribution in [3.63, 3.8) is 0 Å². The van der Waals surface area contributed by atoms with Gasteiger partial charge in [-0.3, -0.25) is 0 Å². The van der Waals surface area contributed by atoms with E-state index in [1.807, 2.05) is 67.7 Å². The van der Waals surface area contributed by atoms with Gasteiger partial charge in [-0.25, -0.2) is 14.3 Å². The van der Waals surface area contributed by atoms with E-state index in [-0.39, 0.29) is 6.61 Å². The maximum Gasteiger partial charge on any atom is 0.338 e. The van der Waals surface area contributed by atoms with Crippen LogP contribution in [0.25, 0.3) is 16.9 Å². The van der Waals surface area contributed by atoms with Crippen molar-refractivity contribution in [1.29, 1.82) is 0 Å². The number of para-hydroxylation sites is 1. The quantitative estimate of drug-likeness (QED) is 0.388. The number of ether oxygens (including phenoxy) is 2. The number of hydrogen-bond donors (Lipinski definition) is 2. The minimum Gasteiger partial charge on any atom is -0.494 e. The maximum absolute atomic E-state index is 12.9. The van der Waals surface area contributed by atoms with Crippen LogP contribution in [-0.4, -0.2) is 35.0 Å². The van der Waals surface area contributed by atoms with Crippen molar-refractivity contribution >= 4 is 12.0 Å². The van der Waals surface area contributed by atoms with E-state index >= 15 is 0 Å². The molecule has 0 spiro atoms. The van der Waals surface area contributed by atoms with Crippen LogP contribution in [0, 0.1) is 0 Å². The molecule has 4 rings (SSSR count). The molecule has 0 aliphatic carbocycles. The predicted molar refractivity (Wildman–Crippen MR) is 128 cm³/mol. The molecule has 0 radical (unpaired) electrons. The van der Waals surface area contributed by atoms with Gasteiger partial charge in [-0.2, -0.15) is 5.10 Å². The Kier molecular flexibility index (Phi) is 6.77. The van der Waals surface area contributed by atoms with Crippen LogP contribution >= 0.6 is 0 Å². The standard InChI is InChI=1S/C26H26N4O4/c1-4-15-34-25(31)22-17(3)27-26(32)28-24(22)21-16-30(19-9-7-6-8-10-19)29-23(21)18-11-13-20(14-12-18)33-5-2/h4,6-14,16,24H,1,5,15H2,2-3H3,(H2,27,28,32)/t24-/m0/s1. The van der Waals surface area contributed by atoms with Crippen LogP contribution in [-0.2, 0) is 9.53 Å². The first kappa shape index (κ1) is 22.8. The molecule has 2 heterocycles. The number of carbonyl (C=O) groups is 2. The van der Waals surface area contributed by atoms with E-state index in [1.54, 1.807) is 11.6 Å². The lowest BCUT2D eigenvalue weighted by Gasteiger charge is -2.27. The van der Waals surface area contributed by atoms with Crippen molar-refractivity contribution in [1.82, 2.24) is 20.4 Å². The molecule has 0 fully saturated rings. The molecule has 1 aliphatic heterocycles. The minimum atomic E-state index is -0.759. The van der Waals surface area contributed by atoms with E-state index < -0.39 is 18.0 Å². The highest BCUT2D eigenvalue weighted by Gasteiger charge is 2.35. The van der Waals surface area contributed by atoms with Crippen molar-refractivity contribution in [2.45, 2.75) is 19.9 Å². The zero-order valence-electron chi connectivity index (χ0n) is 19.1. The molecule has 8 heteroatoms. The molecule has 1 aliphatic rings. The topological polar surface area (TPSA) is 94.5 Å². The molecule has 2 amide bonds. The van der Waals surface area contributed by atoms with Crippen LogP contribution in [0.15, 0.2) is 84.7 Å². The van der Waals surface area contributed by atoms with Crippen molar-refractivity contribution < 1.29 is 19.1 Å². The van der Waals surface area contributed by atoms with Crippen molar-refractivity contribution in [2.24, 2.45) is 0 Å². The monoisotopic (exact) mass is 458 g/mol. The van der Waals surface area contributed by atoms with Gasteiger partial charge in [0.2, 0.25) is 0 Å². The van der Waals surface area contributed by atoms with Gasteiger partial charge in [0.25, 0.3) is 0 Å². The van der Waals surface area contributed by atoms with Crippen LogP contribution in [0.4, 0.5) is 4.79 Å². The smallest absolute Gasteiger partial charge is 0.338 e.